The average Bonchev–Trinajstić information content (AvgIpc) is 2.34. The van der Waals surface area contributed by atoms with Gasteiger partial charge in [-0.05, 0) is 12.8 Å². The predicted octanol–water partition coefficient (Wildman–Crippen LogP) is 2.27. The lowest BCUT2D eigenvalue weighted by atomic mass is 9.93. The molecule has 0 aromatic rings. The molecule has 1 heterocycles. The Labute approximate surface area is 97.3 Å². The molecule has 92 valence electrons. The van der Waals surface area contributed by atoms with Gasteiger partial charge in [-0.25, -0.2) is 0 Å². The van der Waals surface area contributed by atoms with E-state index in [4.69, 9.17) is 5.21 Å². The van der Waals surface area contributed by atoms with Gasteiger partial charge in [-0.3, -0.25) is 4.79 Å². The zero-order valence-electron chi connectivity index (χ0n) is 10.3. The molecule has 0 aromatic carbocycles. The topological polar surface area (TPSA) is 52.9 Å². The summed E-state index contributed by atoms with van der Waals surface area (Å²) in [4.78, 5) is 13.8. The lowest BCUT2D eigenvalue weighted by Gasteiger charge is -2.32. The molecule has 1 fully saturated rings. The fourth-order valence-corrected chi connectivity index (χ4v) is 2.13. The number of oxime groups is 1. The van der Waals surface area contributed by atoms with Crippen molar-refractivity contribution in [3.05, 3.63) is 0 Å². The second-order valence-corrected chi connectivity index (χ2v) is 4.39. The van der Waals surface area contributed by atoms with Crippen LogP contribution in [-0.4, -0.2) is 34.8 Å². The number of piperidine rings is 1. The van der Waals surface area contributed by atoms with Crippen molar-refractivity contribution in [2.45, 2.75) is 46.0 Å². The van der Waals surface area contributed by atoms with Gasteiger partial charge in [-0.1, -0.05) is 25.4 Å². The van der Waals surface area contributed by atoms with E-state index in [1.807, 2.05) is 4.90 Å². The molecule has 16 heavy (non-hydrogen) atoms. The summed E-state index contributed by atoms with van der Waals surface area (Å²) in [5.41, 5.74) is 0.849. The highest BCUT2D eigenvalue weighted by atomic mass is 16.4. The molecule has 1 rings (SSSR count). The van der Waals surface area contributed by atoms with Crippen LogP contribution in [-0.2, 0) is 4.79 Å². The summed E-state index contributed by atoms with van der Waals surface area (Å²) in [6.45, 7) is 5.58. The summed E-state index contributed by atoms with van der Waals surface area (Å²) in [7, 11) is 0. The molecule has 0 aliphatic carbocycles. The van der Waals surface area contributed by atoms with Crippen LogP contribution in [0.3, 0.4) is 0 Å². The molecule has 0 saturated carbocycles. The van der Waals surface area contributed by atoms with E-state index in [2.05, 4.69) is 19.0 Å². The van der Waals surface area contributed by atoms with Crippen LogP contribution in [0.15, 0.2) is 5.16 Å². The van der Waals surface area contributed by atoms with Gasteiger partial charge in [0.05, 0.1) is 5.71 Å². The number of carbonyl (C=O) groups is 1. The van der Waals surface area contributed by atoms with Crippen molar-refractivity contribution in [1.29, 1.82) is 0 Å². The number of hydrogen-bond acceptors (Lipinski definition) is 3. The van der Waals surface area contributed by atoms with Gasteiger partial charge in [-0.15, -0.1) is 0 Å². The van der Waals surface area contributed by atoms with Gasteiger partial charge in [0.1, 0.15) is 0 Å². The zero-order chi connectivity index (χ0) is 12.0. The molecule has 1 unspecified atom stereocenters. The average molecular weight is 226 g/mol. The smallest absolute Gasteiger partial charge is 0.222 e. The lowest BCUT2D eigenvalue weighted by molar-refractivity contribution is -0.132. The Morgan fingerprint density at radius 1 is 1.56 bits per heavy atom. The molecule has 0 aromatic heterocycles. The number of likely N-dealkylation sites (tertiary alicyclic amines) is 1. The van der Waals surface area contributed by atoms with Gasteiger partial charge in [0, 0.05) is 31.8 Å². The highest BCUT2D eigenvalue weighted by Gasteiger charge is 2.27. The van der Waals surface area contributed by atoms with Gasteiger partial charge >= 0.3 is 0 Å². The van der Waals surface area contributed by atoms with Gasteiger partial charge in [0.25, 0.3) is 0 Å². The first-order valence-electron chi connectivity index (χ1n) is 6.21. The normalized spacial score (nSPS) is 23.8. The first kappa shape index (κ1) is 13.0. The van der Waals surface area contributed by atoms with Crippen LogP contribution < -0.4 is 0 Å². The summed E-state index contributed by atoms with van der Waals surface area (Å²) in [5, 5.41) is 12.2. The van der Waals surface area contributed by atoms with E-state index < -0.39 is 0 Å². The predicted molar refractivity (Wildman–Crippen MR) is 63.7 cm³/mol. The molecular weight excluding hydrogens is 204 g/mol. The van der Waals surface area contributed by atoms with Crippen LogP contribution >= 0.6 is 0 Å². The molecule has 4 heteroatoms. The Bertz CT molecular complexity index is 264. The van der Waals surface area contributed by atoms with Crippen molar-refractivity contribution in [2.24, 2.45) is 11.1 Å². The van der Waals surface area contributed by atoms with E-state index in [1.165, 1.54) is 0 Å². The second kappa shape index (κ2) is 6.51. The minimum Gasteiger partial charge on any atom is -0.411 e. The molecule has 0 radical (unpaired) electrons. The van der Waals surface area contributed by atoms with E-state index in [0.29, 0.717) is 19.4 Å². The van der Waals surface area contributed by atoms with Crippen LogP contribution in [0, 0.1) is 5.92 Å². The quantitative estimate of drug-likeness (QED) is 0.590. The molecule has 1 amide bonds. The fraction of sp³-hybridized carbons (Fsp3) is 0.833. The van der Waals surface area contributed by atoms with Crippen LogP contribution in [0.2, 0.25) is 0 Å². The SMILES string of the molecule is CCCCC(=O)N1CCC(=NO)C(CC)C1. The third-order valence-corrected chi connectivity index (χ3v) is 3.27. The summed E-state index contributed by atoms with van der Waals surface area (Å²) >= 11 is 0. The van der Waals surface area contributed by atoms with Gasteiger partial charge < -0.3 is 10.1 Å². The first-order chi connectivity index (χ1) is 7.72. The van der Waals surface area contributed by atoms with E-state index in [-0.39, 0.29) is 11.8 Å². The van der Waals surface area contributed by atoms with Crippen molar-refractivity contribution in [3.8, 4) is 0 Å². The van der Waals surface area contributed by atoms with Crippen molar-refractivity contribution in [2.75, 3.05) is 13.1 Å². The minimum absolute atomic E-state index is 0.240. The monoisotopic (exact) mass is 226 g/mol. The fourth-order valence-electron chi connectivity index (χ4n) is 2.13. The Morgan fingerprint density at radius 3 is 2.88 bits per heavy atom. The second-order valence-electron chi connectivity index (χ2n) is 4.39. The number of hydrogen-bond donors (Lipinski definition) is 1. The van der Waals surface area contributed by atoms with Crippen LogP contribution in [0.5, 0.6) is 0 Å². The van der Waals surface area contributed by atoms with Gasteiger partial charge in [0.15, 0.2) is 0 Å². The first-order valence-corrected chi connectivity index (χ1v) is 6.21. The molecule has 0 bridgehead atoms. The van der Waals surface area contributed by atoms with Gasteiger partial charge in [0.2, 0.25) is 5.91 Å². The standard InChI is InChI=1S/C12H22N2O2/c1-3-5-6-12(15)14-8-7-11(13-16)10(4-2)9-14/h10,16H,3-9H2,1-2H3. The maximum absolute atomic E-state index is 11.8. The summed E-state index contributed by atoms with van der Waals surface area (Å²) in [6, 6.07) is 0. The molecule has 1 aliphatic rings. The van der Waals surface area contributed by atoms with E-state index in [0.717, 1.165) is 31.5 Å². The van der Waals surface area contributed by atoms with Crippen LogP contribution in [0.1, 0.15) is 46.0 Å². The largest absolute Gasteiger partial charge is 0.411 e. The molecule has 1 aliphatic heterocycles. The van der Waals surface area contributed by atoms with Crippen molar-refractivity contribution in [1.82, 2.24) is 4.90 Å². The Kier molecular flexibility index (Phi) is 5.29. The summed E-state index contributed by atoms with van der Waals surface area (Å²) in [5.74, 6) is 0.488. The summed E-state index contributed by atoms with van der Waals surface area (Å²) in [6.07, 6.45) is 4.32. The third-order valence-electron chi connectivity index (χ3n) is 3.27. The molecule has 4 nitrogen and oxygen atoms in total. The van der Waals surface area contributed by atoms with E-state index in [1.54, 1.807) is 0 Å². The minimum atomic E-state index is 0.240. The van der Waals surface area contributed by atoms with Crippen LogP contribution in [0.25, 0.3) is 0 Å². The molecular formula is C12H22N2O2. The summed E-state index contributed by atoms with van der Waals surface area (Å²) < 4.78 is 0. The highest BCUT2D eigenvalue weighted by Crippen LogP contribution is 2.18. The number of carbonyl (C=O) groups excluding carboxylic acids is 1. The number of rotatable bonds is 4. The Balaban J connectivity index is 2.50. The number of amides is 1. The molecule has 1 atom stereocenters. The molecule has 0 spiro atoms. The van der Waals surface area contributed by atoms with E-state index in [9.17, 15) is 4.79 Å². The zero-order valence-corrected chi connectivity index (χ0v) is 10.3. The van der Waals surface area contributed by atoms with Gasteiger partial charge in [-0.2, -0.15) is 0 Å². The Hall–Kier alpha value is -1.06. The molecule has 1 N–H and O–H groups in total. The molecule has 1 saturated heterocycles. The van der Waals surface area contributed by atoms with Crippen molar-refractivity contribution >= 4 is 11.6 Å². The highest BCUT2D eigenvalue weighted by molar-refractivity contribution is 5.89. The Morgan fingerprint density at radius 2 is 2.31 bits per heavy atom. The maximum Gasteiger partial charge on any atom is 0.222 e. The van der Waals surface area contributed by atoms with Crippen molar-refractivity contribution < 1.29 is 10.0 Å². The number of nitrogens with zero attached hydrogens (tertiary/aromatic N) is 2. The third kappa shape index (κ3) is 3.22. The maximum atomic E-state index is 11.8. The van der Waals surface area contributed by atoms with Crippen LogP contribution in [0.4, 0.5) is 0 Å². The number of unbranched alkanes of at least 4 members (excludes halogenated alkanes) is 1. The van der Waals surface area contributed by atoms with Crippen molar-refractivity contribution in [3.63, 3.8) is 0 Å². The van der Waals surface area contributed by atoms with E-state index >= 15 is 0 Å². The lowest BCUT2D eigenvalue weighted by Crippen LogP contribution is -2.43.